The number of carbonyl (C=O) groups excluding carboxylic acids is 1. The lowest BCUT2D eigenvalue weighted by Crippen LogP contribution is -2.36. The second-order valence-electron chi connectivity index (χ2n) is 5.54. The first-order valence-corrected chi connectivity index (χ1v) is 9.55. The monoisotopic (exact) mass is 362 g/mol. The maximum absolute atomic E-state index is 11.9. The van der Waals surface area contributed by atoms with Crippen molar-refractivity contribution in [3.63, 3.8) is 0 Å². The standard InChI is InChI=1S/C19H23ClN2OS/c1-15(17-7-9-18(20)10-8-17)22-13-19(23)21-11-12-24-14-16-5-3-2-4-6-16/h2-10,15,22H,11-14H2,1H3,(H,21,23)/t15-/m1/s1. The van der Waals surface area contributed by atoms with E-state index < -0.39 is 0 Å². The van der Waals surface area contributed by atoms with E-state index in [1.54, 1.807) is 0 Å². The van der Waals surface area contributed by atoms with Crippen LogP contribution in [-0.2, 0) is 10.5 Å². The third-order valence-corrected chi connectivity index (χ3v) is 4.90. The topological polar surface area (TPSA) is 41.1 Å². The molecule has 0 aliphatic rings. The van der Waals surface area contributed by atoms with E-state index in [1.165, 1.54) is 5.56 Å². The highest BCUT2D eigenvalue weighted by atomic mass is 35.5. The van der Waals surface area contributed by atoms with E-state index in [2.05, 4.69) is 22.8 Å². The van der Waals surface area contributed by atoms with Gasteiger partial charge >= 0.3 is 0 Å². The van der Waals surface area contributed by atoms with Crippen LogP contribution in [-0.4, -0.2) is 24.7 Å². The van der Waals surface area contributed by atoms with Crippen LogP contribution < -0.4 is 10.6 Å². The molecule has 0 aliphatic carbocycles. The van der Waals surface area contributed by atoms with Crippen molar-refractivity contribution in [2.45, 2.75) is 18.7 Å². The summed E-state index contributed by atoms with van der Waals surface area (Å²) in [6, 6.07) is 18.1. The van der Waals surface area contributed by atoms with Crippen molar-refractivity contribution in [3.8, 4) is 0 Å². The fourth-order valence-corrected chi connectivity index (χ4v) is 3.15. The van der Waals surface area contributed by atoms with Crippen LogP contribution in [0.1, 0.15) is 24.1 Å². The smallest absolute Gasteiger partial charge is 0.234 e. The van der Waals surface area contributed by atoms with E-state index in [0.717, 1.165) is 22.1 Å². The molecule has 0 heterocycles. The first-order valence-electron chi connectivity index (χ1n) is 8.02. The van der Waals surface area contributed by atoms with Gasteiger partial charge in [-0.05, 0) is 30.2 Å². The predicted octanol–water partition coefficient (Wildman–Crippen LogP) is 4.04. The first-order chi connectivity index (χ1) is 11.6. The normalized spacial score (nSPS) is 11.9. The Morgan fingerprint density at radius 1 is 1.12 bits per heavy atom. The summed E-state index contributed by atoms with van der Waals surface area (Å²) in [6.07, 6.45) is 0. The van der Waals surface area contributed by atoms with Crippen molar-refractivity contribution < 1.29 is 4.79 Å². The van der Waals surface area contributed by atoms with E-state index in [-0.39, 0.29) is 11.9 Å². The van der Waals surface area contributed by atoms with Crippen molar-refractivity contribution in [2.75, 3.05) is 18.8 Å². The van der Waals surface area contributed by atoms with Crippen molar-refractivity contribution in [2.24, 2.45) is 0 Å². The Morgan fingerprint density at radius 3 is 2.54 bits per heavy atom. The molecule has 2 aromatic carbocycles. The summed E-state index contributed by atoms with van der Waals surface area (Å²) in [5, 5.41) is 6.88. The molecule has 0 bridgehead atoms. The summed E-state index contributed by atoms with van der Waals surface area (Å²) in [4.78, 5) is 11.9. The summed E-state index contributed by atoms with van der Waals surface area (Å²) in [7, 11) is 0. The van der Waals surface area contributed by atoms with E-state index in [4.69, 9.17) is 11.6 Å². The second-order valence-corrected chi connectivity index (χ2v) is 7.08. The lowest BCUT2D eigenvalue weighted by Gasteiger charge is -2.14. The third-order valence-electron chi connectivity index (χ3n) is 3.62. The van der Waals surface area contributed by atoms with Crippen molar-refractivity contribution in [1.82, 2.24) is 10.6 Å². The van der Waals surface area contributed by atoms with Gasteiger partial charge in [-0.2, -0.15) is 11.8 Å². The fourth-order valence-electron chi connectivity index (χ4n) is 2.20. The highest BCUT2D eigenvalue weighted by Crippen LogP contribution is 2.15. The molecule has 2 N–H and O–H groups in total. The molecule has 128 valence electrons. The molecule has 0 saturated heterocycles. The number of carbonyl (C=O) groups is 1. The Balaban J connectivity index is 1.57. The molecule has 2 aromatic rings. The molecule has 3 nitrogen and oxygen atoms in total. The third kappa shape index (κ3) is 6.95. The SMILES string of the molecule is C[C@@H](NCC(=O)NCCSCc1ccccc1)c1ccc(Cl)cc1. The molecule has 24 heavy (non-hydrogen) atoms. The molecule has 0 fully saturated rings. The highest BCUT2D eigenvalue weighted by Gasteiger charge is 2.07. The maximum Gasteiger partial charge on any atom is 0.234 e. The predicted molar refractivity (Wildman–Crippen MR) is 103 cm³/mol. The molecule has 2 rings (SSSR count). The molecule has 0 unspecified atom stereocenters. The van der Waals surface area contributed by atoms with Gasteiger partial charge in [-0.1, -0.05) is 54.1 Å². The van der Waals surface area contributed by atoms with Gasteiger partial charge in [-0.25, -0.2) is 0 Å². The molecule has 0 radical (unpaired) electrons. The Kier molecular flexibility index (Phi) is 8.16. The highest BCUT2D eigenvalue weighted by molar-refractivity contribution is 7.98. The van der Waals surface area contributed by atoms with E-state index in [0.29, 0.717) is 13.1 Å². The van der Waals surface area contributed by atoms with Gasteiger partial charge in [0.25, 0.3) is 0 Å². The number of amides is 1. The summed E-state index contributed by atoms with van der Waals surface area (Å²) < 4.78 is 0. The molecule has 5 heteroatoms. The van der Waals surface area contributed by atoms with Gasteiger partial charge in [0, 0.05) is 29.1 Å². The molecule has 1 amide bonds. The number of hydrogen-bond donors (Lipinski definition) is 2. The Bertz CT molecular complexity index is 619. The summed E-state index contributed by atoms with van der Waals surface area (Å²) >= 11 is 7.70. The number of halogens is 1. The number of rotatable bonds is 9. The van der Waals surface area contributed by atoms with Crippen LogP contribution in [0.5, 0.6) is 0 Å². The quantitative estimate of drug-likeness (QED) is 0.661. The lowest BCUT2D eigenvalue weighted by atomic mass is 10.1. The minimum atomic E-state index is 0.0242. The molecular weight excluding hydrogens is 340 g/mol. The van der Waals surface area contributed by atoms with E-state index in [9.17, 15) is 4.79 Å². The van der Waals surface area contributed by atoms with Gasteiger partial charge < -0.3 is 10.6 Å². The zero-order valence-electron chi connectivity index (χ0n) is 13.8. The van der Waals surface area contributed by atoms with Gasteiger partial charge in [0.1, 0.15) is 0 Å². The van der Waals surface area contributed by atoms with Crippen molar-refractivity contribution >= 4 is 29.3 Å². The molecular formula is C19H23ClN2OS. The zero-order valence-corrected chi connectivity index (χ0v) is 15.4. The van der Waals surface area contributed by atoms with E-state index >= 15 is 0 Å². The zero-order chi connectivity index (χ0) is 17.2. The maximum atomic E-state index is 11.9. The number of hydrogen-bond acceptors (Lipinski definition) is 3. The van der Waals surface area contributed by atoms with Crippen LogP contribution in [0.2, 0.25) is 5.02 Å². The van der Waals surface area contributed by atoms with Crippen molar-refractivity contribution in [3.05, 3.63) is 70.7 Å². The van der Waals surface area contributed by atoms with Gasteiger partial charge in [0.15, 0.2) is 0 Å². The van der Waals surface area contributed by atoms with Crippen LogP contribution in [0.15, 0.2) is 54.6 Å². The van der Waals surface area contributed by atoms with Crippen LogP contribution in [0.25, 0.3) is 0 Å². The second kappa shape index (κ2) is 10.4. The Hall–Kier alpha value is -1.49. The molecule has 0 aliphatic heterocycles. The van der Waals surface area contributed by atoms with Gasteiger partial charge in [0.2, 0.25) is 5.91 Å². The number of thioether (sulfide) groups is 1. The molecule has 1 atom stereocenters. The summed E-state index contributed by atoms with van der Waals surface area (Å²) in [6.45, 7) is 3.03. The van der Waals surface area contributed by atoms with Crippen LogP contribution in [0.3, 0.4) is 0 Å². The first kappa shape index (κ1) is 18.8. The van der Waals surface area contributed by atoms with Gasteiger partial charge in [-0.15, -0.1) is 0 Å². The summed E-state index contributed by atoms with van der Waals surface area (Å²) in [5.74, 6) is 1.91. The van der Waals surface area contributed by atoms with Crippen molar-refractivity contribution in [1.29, 1.82) is 0 Å². The van der Waals surface area contributed by atoms with Gasteiger partial charge in [-0.3, -0.25) is 4.79 Å². The molecule has 0 saturated carbocycles. The van der Waals surface area contributed by atoms with Crippen LogP contribution in [0, 0.1) is 0 Å². The Morgan fingerprint density at radius 2 is 1.83 bits per heavy atom. The average Bonchev–Trinajstić information content (AvgIpc) is 2.61. The largest absolute Gasteiger partial charge is 0.354 e. The summed E-state index contributed by atoms with van der Waals surface area (Å²) in [5.41, 5.74) is 2.43. The lowest BCUT2D eigenvalue weighted by molar-refractivity contribution is -0.120. The van der Waals surface area contributed by atoms with E-state index in [1.807, 2.05) is 61.2 Å². The number of nitrogens with one attached hydrogen (secondary N) is 2. The minimum Gasteiger partial charge on any atom is -0.354 e. The number of benzene rings is 2. The molecule has 0 aromatic heterocycles. The van der Waals surface area contributed by atoms with Crippen LogP contribution >= 0.6 is 23.4 Å². The minimum absolute atomic E-state index is 0.0242. The van der Waals surface area contributed by atoms with Crippen LogP contribution in [0.4, 0.5) is 0 Å². The fraction of sp³-hybridized carbons (Fsp3) is 0.316. The van der Waals surface area contributed by atoms with Gasteiger partial charge in [0.05, 0.1) is 6.54 Å². The Labute approximate surface area is 153 Å². The molecule has 0 spiro atoms. The average molecular weight is 363 g/mol.